The van der Waals surface area contributed by atoms with Crippen molar-refractivity contribution in [3.8, 4) is 0 Å². The second-order valence-electron chi connectivity index (χ2n) is 13.3. The maximum atomic E-state index is 13.8. The molecule has 1 aromatic heterocycles. The Bertz CT molecular complexity index is 1140. The van der Waals surface area contributed by atoms with Gasteiger partial charge in [-0.1, -0.05) is 31.2 Å². The Kier molecular flexibility index (Phi) is 5.49. The van der Waals surface area contributed by atoms with Crippen LogP contribution in [0.15, 0.2) is 18.2 Å². The Morgan fingerprint density at radius 1 is 1.09 bits per heavy atom. The SMILES string of the molecule is CC[C@]12CC[C@@](C)(O)C[C@@H]1CC[C@H]1[C@@H]3CC[C@H](C(=O)Cn4nnc5c(C)cccc54)[C@@]3(C)CC[C@@H]12. The van der Waals surface area contributed by atoms with E-state index in [0.717, 1.165) is 47.7 Å². The molecule has 4 aliphatic rings. The predicted octanol–water partition coefficient (Wildman–Crippen LogP) is 6.11. The van der Waals surface area contributed by atoms with Gasteiger partial charge in [-0.05, 0) is 124 Å². The van der Waals surface area contributed by atoms with Crippen molar-refractivity contribution >= 4 is 16.8 Å². The van der Waals surface area contributed by atoms with E-state index in [9.17, 15) is 9.90 Å². The lowest BCUT2D eigenvalue weighted by molar-refractivity contribution is -0.158. The van der Waals surface area contributed by atoms with Crippen LogP contribution in [-0.2, 0) is 11.3 Å². The van der Waals surface area contributed by atoms with E-state index in [0.29, 0.717) is 29.6 Å². The standard InChI is InChI=1S/C30H43N3O2/c1-5-30-16-15-28(3,35)17-20(30)9-10-21-22-11-12-24(29(22,4)14-13-23(21)30)26(34)18-33-25-8-6-7-19(2)27(25)31-32-33/h6-8,20-24,35H,5,9-18H2,1-4H3/t20-,21-,22-,23-,24+,28+,29-,30-/m0/s1. The molecule has 4 saturated carbocycles. The van der Waals surface area contributed by atoms with Crippen LogP contribution in [0.5, 0.6) is 0 Å². The van der Waals surface area contributed by atoms with Gasteiger partial charge in [-0.2, -0.15) is 0 Å². The number of aryl methyl sites for hydroxylation is 1. The maximum absolute atomic E-state index is 13.8. The highest BCUT2D eigenvalue weighted by Crippen LogP contribution is 2.69. The number of ketones is 1. The molecule has 8 atom stereocenters. The van der Waals surface area contributed by atoms with E-state index in [-0.39, 0.29) is 11.3 Å². The quantitative estimate of drug-likeness (QED) is 0.577. The van der Waals surface area contributed by atoms with Gasteiger partial charge >= 0.3 is 0 Å². The van der Waals surface area contributed by atoms with Crippen molar-refractivity contribution in [1.82, 2.24) is 15.0 Å². The zero-order valence-electron chi connectivity index (χ0n) is 22.1. The maximum Gasteiger partial charge on any atom is 0.157 e. The van der Waals surface area contributed by atoms with E-state index in [1.54, 1.807) is 0 Å². The van der Waals surface area contributed by atoms with Gasteiger partial charge in [-0.25, -0.2) is 4.68 Å². The highest BCUT2D eigenvalue weighted by Gasteiger charge is 2.62. The summed E-state index contributed by atoms with van der Waals surface area (Å²) in [6.45, 7) is 9.31. The molecule has 2 aromatic rings. The molecule has 4 aliphatic carbocycles. The fraction of sp³-hybridized carbons (Fsp3) is 0.767. The largest absolute Gasteiger partial charge is 0.390 e. The zero-order chi connectivity index (χ0) is 24.6. The number of fused-ring (bicyclic) bond motifs is 6. The number of carbonyl (C=O) groups excluding carboxylic acids is 1. The van der Waals surface area contributed by atoms with Crippen molar-refractivity contribution in [2.24, 2.45) is 40.4 Å². The average molecular weight is 478 g/mol. The second-order valence-corrected chi connectivity index (χ2v) is 13.3. The lowest BCUT2D eigenvalue weighted by Gasteiger charge is -2.63. The summed E-state index contributed by atoms with van der Waals surface area (Å²) in [5.74, 6) is 3.35. The Balaban J connectivity index is 1.23. The molecule has 1 heterocycles. The molecule has 0 aliphatic heterocycles. The van der Waals surface area contributed by atoms with Crippen LogP contribution in [0.2, 0.25) is 0 Å². The molecule has 6 rings (SSSR count). The molecule has 5 nitrogen and oxygen atoms in total. The Labute approximate surface area is 210 Å². The highest BCUT2D eigenvalue weighted by atomic mass is 16.3. The van der Waals surface area contributed by atoms with Crippen molar-refractivity contribution in [1.29, 1.82) is 0 Å². The normalized spacial score (nSPS) is 42.9. The molecule has 1 aromatic carbocycles. The Hall–Kier alpha value is -1.75. The minimum absolute atomic E-state index is 0.118. The van der Waals surface area contributed by atoms with Gasteiger partial charge < -0.3 is 5.11 Å². The summed E-state index contributed by atoms with van der Waals surface area (Å²) >= 11 is 0. The molecule has 0 unspecified atom stereocenters. The lowest BCUT2D eigenvalue weighted by Crippen LogP contribution is -2.56. The third-order valence-electron chi connectivity index (χ3n) is 11.8. The van der Waals surface area contributed by atoms with Crippen molar-refractivity contribution in [2.75, 3.05) is 0 Å². The molecule has 5 heteroatoms. The molecular weight excluding hydrogens is 434 g/mol. The lowest BCUT2D eigenvalue weighted by atomic mass is 9.42. The van der Waals surface area contributed by atoms with Crippen LogP contribution >= 0.6 is 0 Å². The topological polar surface area (TPSA) is 68.0 Å². The first-order chi connectivity index (χ1) is 16.7. The monoisotopic (exact) mass is 477 g/mol. The van der Waals surface area contributed by atoms with Crippen molar-refractivity contribution in [3.05, 3.63) is 23.8 Å². The van der Waals surface area contributed by atoms with Gasteiger partial charge in [0, 0.05) is 5.92 Å². The van der Waals surface area contributed by atoms with Crippen LogP contribution in [0.3, 0.4) is 0 Å². The minimum Gasteiger partial charge on any atom is -0.390 e. The van der Waals surface area contributed by atoms with Crippen LogP contribution in [0.25, 0.3) is 11.0 Å². The summed E-state index contributed by atoms with van der Waals surface area (Å²) in [6, 6.07) is 6.11. The summed E-state index contributed by atoms with van der Waals surface area (Å²) in [7, 11) is 0. The first kappa shape index (κ1) is 23.6. The number of hydrogen-bond donors (Lipinski definition) is 1. The van der Waals surface area contributed by atoms with E-state index in [1.807, 2.05) is 16.8 Å². The molecule has 190 valence electrons. The fourth-order valence-corrected chi connectivity index (χ4v) is 9.98. The highest BCUT2D eigenvalue weighted by molar-refractivity contribution is 5.84. The fourth-order valence-electron chi connectivity index (χ4n) is 9.98. The first-order valence-corrected chi connectivity index (χ1v) is 14.2. The predicted molar refractivity (Wildman–Crippen MR) is 138 cm³/mol. The number of aliphatic hydroxyl groups is 1. The van der Waals surface area contributed by atoms with Gasteiger partial charge in [0.1, 0.15) is 12.1 Å². The van der Waals surface area contributed by atoms with Crippen molar-refractivity contribution < 1.29 is 9.90 Å². The molecule has 4 fully saturated rings. The Morgan fingerprint density at radius 2 is 1.91 bits per heavy atom. The molecule has 0 saturated heterocycles. The number of rotatable bonds is 4. The summed E-state index contributed by atoms with van der Waals surface area (Å²) in [4.78, 5) is 13.8. The molecule has 0 spiro atoms. The third-order valence-corrected chi connectivity index (χ3v) is 11.8. The molecule has 1 N–H and O–H groups in total. The molecule has 35 heavy (non-hydrogen) atoms. The average Bonchev–Trinajstić information content (AvgIpc) is 3.40. The minimum atomic E-state index is -0.478. The first-order valence-electron chi connectivity index (χ1n) is 14.2. The number of aromatic nitrogens is 3. The van der Waals surface area contributed by atoms with Gasteiger partial charge in [0.15, 0.2) is 5.78 Å². The summed E-state index contributed by atoms with van der Waals surface area (Å²) in [5, 5.41) is 19.6. The van der Waals surface area contributed by atoms with E-state index in [4.69, 9.17) is 0 Å². The number of benzene rings is 1. The second kappa shape index (κ2) is 8.13. The van der Waals surface area contributed by atoms with Crippen LogP contribution < -0.4 is 0 Å². The van der Waals surface area contributed by atoms with Gasteiger partial charge in [-0.3, -0.25) is 4.79 Å². The van der Waals surface area contributed by atoms with Gasteiger partial charge in [0.25, 0.3) is 0 Å². The molecular formula is C30H43N3O2. The van der Waals surface area contributed by atoms with Crippen molar-refractivity contribution in [2.45, 2.75) is 104 Å². The number of nitrogens with zero attached hydrogens (tertiary/aromatic N) is 3. The van der Waals surface area contributed by atoms with Crippen LogP contribution in [-0.4, -0.2) is 31.5 Å². The molecule has 0 amide bonds. The van der Waals surface area contributed by atoms with E-state index < -0.39 is 5.60 Å². The zero-order valence-corrected chi connectivity index (χ0v) is 22.1. The van der Waals surface area contributed by atoms with Gasteiger partial charge in [0.05, 0.1) is 11.1 Å². The van der Waals surface area contributed by atoms with E-state index in [1.165, 1.54) is 44.9 Å². The summed E-state index contributed by atoms with van der Waals surface area (Å²) in [5.41, 5.74) is 3.03. The summed E-state index contributed by atoms with van der Waals surface area (Å²) in [6.07, 6.45) is 11.6. The number of carbonyl (C=O) groups is 1. The van der Waals surface area contributed by atoms with Gasteiger partial charge in [-0.15, -0.1) is 5.10 Å². The number of Topliss-reactive ketones (excluding diaryl/α,β-unsaturated/α-hetero) is 1. The molecule has 0 radical (unpaired) electrons. The smallest absolute Gasteiger partial charge is 0.157 e. The van der Waals surface area contributed by atoms with Crippen molar-refractivity contribution in [3.63, 3.8) is 0 Å². The third kappa shape index (κ3) is 3.47. The van der Waals surface area contributed by atoms with Gasteiger partial charge in [0.2, 0.25) is 0 Å². The summed E-state index contributed by atoms with van der Waals surface area (Å²) < 4.78 is 1.83. The van der Waals surface area contributed by atoms with E-state index in [2.05, 4.69) is 44.1 Å². The van der Waals surface area contributed by atoms with Crippen LogP contribution in [0.4, 0.5) is 0 Å². The molecule has 0 bridgehead atoms. The Morgan fingerprint density at radius 3 is 2.71 bits per heavy atom. The van der Waals surface area contributed by atoms with E-state index >= 15 is 0 Å². The number of hydrogen-bond acceptors (Lipinski definition) is 4. The van der Waals surface area contributed by atoms with Crippen LogP contribution in [0, 0.1) is 47.3 Å². The van der Waals surface area contributed by atoms with Crippen LogP contribution in [0.1, 0.15) is 90.5 Å².